The zero-order valence-corrected chi connectivity index (χ0v) is 12.9. The molecule has 1 aromatic rings. The highest BCUT2D eigenvalue weighted by molar-refractivity contribution is 5.31. The molecular formula is C16H25FO3. The third-order valence-corrected chi connectivity index (χ3v) is 3.24. The summed E-state index contributed by atoms with van der Waals surface area (Å²) in [5.74, 6) is -0.225. The second kappa shape index (κ2) is 7.04. The van der Waals surface area contributed by atoms with Crippen molar-refractivity contribution < 1.29 is 19.0 Å². The van der Waals surface area contributed by atoms with Crippen molar-refractivity contribution in [2.75, 3.05) is 13.7 Å². The molecule has 0 amide bonds. The number of aliphatic hydroxyl groups is 1. The van der Waals surface area contributed by atoms with Crippen LogP contribution in [0.3, 0.4) is 0 Å². The summed E-state index contributed by atoms with van der Waals surface area (Å²) in [6, 6.07) is 4.94. The first kappa shape index (κ1) is 16.9. The van der Waals surface area contributed by atoms with Crippen molar-refractivity contribution >= 4 is 0 Å². The predicted molar refractivity (Wildman–Crippen MR) is 77.5 cm³/mol. The molecule has 0 saturated heterocycles. The topological polar surface area (TPSA) is 38.7 Å². The highest BCUT2D eigenvalue weighted by Gasteiger charge is 2.32. The Balaban J connectivity index is 2.91. The van der Waals surface area contributed by atoms with E-state index in [4.69, 9.17) is 9.47 Å². The lowest BCUT2D eigenvalue weighted by atomic mass is 9.83. The molecule has 0 heterocycles. The molecule has 2 atom stereocenters. The van der Waals surface area contributed by atoms with E-state index in [0.717, 1.165) is 0 Å². The molecule has 20 heavy (non-hydrogen) atoms. The summed E-state index contributed by atoms with van der Waals surface area (Å²) in [4.78, 5) is 0. The second-order valence-corrected chi connectivity index (χ2v) is 5.95. The summed E-state index contributed by atoms with van der Waals surface area (Å²) in [6.07, 6.45) is -0.917. The van der Waals surface area contributed by atoms with Crippen molar-refractivity contribution in [3.05, 3.63) is 29.6 Å². The molecule has 0 saturated carbocycles. The van der Waals surface area contributed by atoms with Crippen molar-refractivity contribution in [2.45, 2.75) is 46.3 Å². The van der Waals surface area contributed by atoms with Crippen molar-refractivity contribution in [2.24, 2.45) is 5.41 Å². The van der Waals surface area contributed by atoms with Gasteiger partial charge in [-0.05, 0) is 24.0 Å². The van der Waals surface area contributed by atoms with Crippen LogP contribution in [0.15, 0.2) is 18.2 Å². The van der Waals surface area contributed by atoms with Gasteiger partial charge >= 0.3 is 0 Å². The Morgan fingerprint density at radius 2 is 1.95 bits per heavy atom. The molecule has 0 aliphatic carbocycles. The fourth-order valence-electron chi connectivity index (χ4n) is 2.32. The first-order chi connectivity index (χ1) is 9.31. The van der Waals surface area contributed by atoms with E-state index in [1.165, 1.54) is 7.11 Å². The van der Waals surface area contributed by atoms with Crippen LogP contribution in [0.2, 0.25) is 0 Å². The first-order valence-corrected chi connectivity index (χ1v) is 6.92. The fraction of sp³-hybridized carbons (Fsp3) is 0.625. The summed E-state index contributed by atoms with van der Waals surface area (Å²) < 4.78 is 24.7. The standard InChI is InChI=1S/C16H25FO3/c1-6-20-15(16(2,3)4)12(18)10-11-8-7-9-13(19-5)14(11)17/h7-9,12,15,18H,6,10H2,1-5H3. The van der Waals surface area contributed by atoms with Crippen molar-refractivity contribution in [3.63, 3.8) is 0 Å². The maximum absolute atomic E-state index is 14.1. The molecule has 1 aromatic carbocycles. The molecule has 0 spiro atoms. The average Bonchev–Trinajstić information content (AvgIpc) is 2.37. The molecule has 114 valence electrons. The molecule has 1 rings (SSSR count). The van der Waals surface area contributed by atoms with E-state index >= 15 is 0 Å². The molecule has 0 aliphatic rings. The Labute approximate surface area is 120 Å². The van der Waals surface area contributed by atoms with E-state index in [1.807, 2.05) is 27.7 Å². The normalized spacial score (nSPS) is 14.9. The lowest BCUT2D eigenvalue weighted by Gasteiger charge is -2.34. The van der Waals surface area contributed by atoms with Gasteiger partial charge in [0.05, 0.1) is 19.3 Å². The molecular weight excluding hydrogens is 259 g/mol. The maximum Gasteiger partial charge on any atom is 0.168 e. The maximum atomic E-state index is 14.1. The second-order valence-electron chi connectivity index (χ2n) is 5.95. The van der Waals surface area contributed by atoms with Gasteiger partial charge in [0.2, 0.25) is 0 Å². The van der Waals surface area contributed by atoms with Crippen LogP contribution in [0.4, 0.5) is 4.39 Å². The smallest absolute Gasteiger partial charge is 0.168 e. The molecule has 2 unspecified atom stereocenters. The molecule has 0 bridgehead atoms. The van der Waals surface area contributed by atoms with Gasteiger partial charge in [-0.1, -0.05) is 32.9 Å². The average molecular weight is 284 g/mol. The lowest BCUT2D eigenvalue weighted by Crippen LogP contribution is -2.41. The Kier molecular flexibility index (Phi) is 5.96. The summed E-state index contributed by atoms with van der Waals surface area (Å²) in [7, 11) is 1.43. The summed E-state index contributed by atoms with van der Waals surface area (Å²) in [6.45, 7) is 8.40. The van der Waals surface area contributed by atoms with Crippen LogP contribution >= 0.6 is 0 Å². The van der Waals surface area contributed by atoms with Gasteiger partial charge in [-0.2, -0.15) is 0 Å². The van der Waals surface area contributed by atoms with Gasteiger partial charge in [0, 0.05) is 13.0 Å². The Hall–Kier alpha value is -1.13. The summed E-state index contributed by atoms with van der Waals surface area (Å²) >= 11 is 0. The molecule has 0 aromatic heterocycles. The summed E-state index contributed by atoms with van der Waals surface area (Å²) in [5.41, 5.74) is 0.218. The Bertz CT molecular complexity index is 426. The molecule has 3 nitrogen and oxygen atoms in total. The van der Waals surface area contributed by atoms with Gasteiger partial charge in [0.1, 0.15) is 0 Å². The number of aliphatic hydroxyl groups excluding tert-OH is 1. The minimum Gasteiger partial charge on any atom is -0.494 e. The molecule has 4 heteroatoms. The van der Waals surface area contributed by atoms with Gasteiger partial charge in [-0.15, -0.1) is 0 Å². The van der Waals surface area contributed by atoms with Crippen molar-refractivity contribution in [3.8, 4) is 5.75 Å². The Morgan fingerprint density at radius 1 is 1.30 bits per heavy atom. The van der Waals surface area contributed by atoms with Gasteiger partial charge < -0.3 is 14.6 Å². The van der Waals surface area contributed by atoms with Crippen LogP contribution < -0.4 is 4.74 Å². The minimum atomic E-state index is -0.767. The number of ether oxygens (including phenoxy) is 2. The molecule has 0 fully saturated rings. The SMILES string of the molecule is CCOC(C(O)Cc1cccc(OC)c1F)C(C)(C)C. The third-order valence-electron chi connectivity index (χ3n) is 3.24. The van der Waals surface area contributed by atoms with Gasteiger partial charge in [-0.3, -0.25) is 0 Å². The van der Waals surface area contributed by atoms with Gasteiger partial charge in [0.25, 0.3) is 0 Å². The van der Waals surface area contributed by atoms with Crippen LogP contribution in [-0.2, 0) is 11.2 Å². The number of benzene rings is 1. The first-order valence-electron chi connectivity index (χ1n) is 6.92. The van der Waals surface area contributed by atoms with Crippen LogP contribution in [-0.4, -0.2) is 31.0 Å². The molecule has 1 N–H and O–H groups in total. The monoisotopic (exact) mass is 284 g/mol. The van der Waals surface area contributed by atoms with E-state index in [1.54, 1.807) is 18.2 Å². The number of halogens is 1. The van der Waals surface area contributed by atoms with Crippen molar-refractivity contribution in [1.82, 2.24) is 0 Å². The summed E-state index contributed by atoms with van der Waals surface area (Å²) in [5, 5.41) is 10.4. The molecule has 0 radical (unpaired) electrons. The van der Waals surface area contributed by atoms with E-state index in [0.29, 0.717) is 12.2 Å². The third kappa shape index (κ3) is 4.18. The largest absolute Gasteiger partial charge is 0.494 e. The van der Waals surface area contributed by atoms with E-state index in [2.05, 4.69) is 0 Å². The zero-order valence-electron chi connectivity index (χ0n) is 12.9. The molecule has 0 aliphatic heterocycles. The van der Waals surface area contributed by atoms with Crippen LogP contribution in [0, 0.1) is 11.2 Å². The van der Waals surface area contributed by atoms with Gasteiger partial charge in [-0.25, -0.2) is 4.39 Å². The van der Waals surface area contributed by atoms with Crippen LogP contribution in [0.25, 0.3) is 0 Å². The van der Waals surface area contributed by atoms with E-state index in [-0.39, 0.29) is 23.7 Å². The number of rotatable bonds is 6. The highest BCUT2D eigenvalue weighted by Crippen LogP contribution is 2.28. The van der Waals surface area contributed by atoms with E-state index < -0.39 is 11.9 Å². The van der Waals surface area contributed by atoms with Crippen LogP contribution in [0.1, 0.15) is 33.3 Å². The lowest BCUT2D eigenvalue weighted by molar-refractivity contribution is -0.0875. The fourth-order valence-corrected chi connectivity index (χ4v) is 2.32. The van der Waals surface area contributed by atoms with E-state index in [9.17, 15) is 9.50 Å². The number of hydrogen-bond donors (Lipinski definition) is 1. The zero-order chi connectivity index (χ0) is 15.3. The number of methoxy groups -OCH3 is 1. The number of hydrogen-bond acceptors (Lipinski definition) is 3. The highest BCUT2D eigenvalue weighted by atomic mass is 19.1. The van der Waals surface area contributed by atoms with Crippen LogP contribution in [0.5, 0.6) is 5.75 Å². The van der Waals surface area contributed by atoms with Crippen molar-refractivity contribution in [1.29, 1.82) is 0 Å². The Morgan fingerprint density at radius 3 is 2.45 bits per heavy atom. The minimum absolute atomic E-state index is 0.193. The quantitative estimate of drug-likeness (QED) is 0.872. The predicted octanol–water partition coefficient (Wildman–Crippen LogP) is 3.19. The van der Waals surface area contributed by atoms with Gasteiger partial charge in [0.15, 0.2) is 11.6 Å².